The number of unbranched alkanes of at least 4 members (excludes halogenated alkanes) is 1. The summed E-state index contributed by atoms with van der Waals surface area (Å²) >= 11 is 1.55. The van der Waals surface area contributed by atoms with Crippen molar-refractivity contribution in [3.63, 3.8) is 0 Å². The summed E-state index contributed by atoms with van der Waals surface area (Å²) in [6.45, 7) is 4.52. The number of carbonyl (C=O) groups is 3. The molecule has 5 amide bonds. The molecule has 3 heterocycles. The Morgan fingerprint density at radius 2 is 2.00 bits per heavy atom. The van der Waals surface area contributed by atoms with Gasteiger partial charge in [-0.2, -0.15) is 0 Å². The third-order valence-electron chi connectivity index (χ3n) is 4.21. The standard InChI is InChI=1S/C15H20N4O3S/c1-3-4-7-19-12-10(13(20)18-15(19)22)11(16-14(21)17-12)9-6-5-8(2)23-9/h5-6,10-12H,3-4,7H2,1-2H3,(H2,16,17,21)(H,18,20,22). The number of nitrogens with one attached hydrogen (secondary N) is 3. The fraction of sp³-hybridized carbons (Fsp3) is 0.533. The first kappa shape index (κ1) is 15.8. The minimum atomic E-state index is -0.607. The molecule has 3 rings (SSSR count). The van der Waals surface area contributed by atoms with Crippen molar-refractivity contribution in [2.75, 3.05) is 6.54 Å². The first-order valence-corrected chi connectivity index (χ1v) is 8.57. The van der Waals surface area contributed by atoms with E-state index in [9.17, 15) is 14.4 Å². The molecule has 0 saturated carbocycles. The molecular formula is C15H20N4O3S. The normalized spacial score (nSPS) is 27.1. The maximum absolute atomic E-state index is 12.4. The van der Waals surface area contributed by atoms with E-state index in [0.29, 0.717) is 6.54 Å². The molecular weight excluding hydrogens is 316 g/mol. The van der Waals surface area contributed by atoms with Crippen LogP contribution in [0.3, 0.4) is 0 Å². The van der Waals surface area contributed by atoms with Gasteiger partial charge in [0.25, 0.3) is 0 Å². The Bertz CT molecular complexity index is 644. The zero-order valence-electron chi connectivity index (χ0n) is 13.1. The highest BCUT2D eigenvalue weighted by atomic mass is 32.1. The van der Waals surface area contributed by atoms with E-state index >= 15 is 0 Å². The highest BCUT2D eigenvalue weighted by Crippen LogP contribution is 2.35. The van der Waals surface area contributed by atoms with E-state index in [1.807, 2.05) is 26.0 Å². The summed E-state index contributed by atoms with van der Waals surface area (Å²) in [5, 5.41) is 7.99. The molecule has 0 bridgehead atoms. The third kappa shape index (κ3) is 2.90. The molecule has 2 aliphatic rings. The molecule has 124 valence electrons. The Morgan fingerprint density at radius 3 is 2.65 bits per heavy atom. The molecule has 1 aromatic heterocycles. The molecule has 7 nitrogen and oxygen atoms in total. The van der Waals surface area contributed by atoms with Crippen LogP contribution in [0, 0.1) is 12.8 Å². The summed E-state index contributed by atoms with van der Waals surface area (Å²) in [6.07, 6.45) is 1.13. The Hall–Kier alpha value is -2.09. The van der Waals surface area contributed by atoms with Crippen molar-refractivity contribution in [1.82, 2.24) is 20.9 Å². The molecule has 0 spiro atoms. The summed E-state index contributed by atoms with van der Waals surface area (Å²) in [5.74, 6) is -0.892. The molecule has 2 fully saturated rings. The van der Waals surface area contributed by atoms with Gasteiger partial charge in [-0.05, 0) is 25.5 Å². The number of amides is 5. The van der Waals surface area contributed by atoms with Gasteiger partial charge in [0.05, 0.1) is 6.04 Å². The fourth-order valence-corrected chi connectivity index (χ4v) is 4.05. The van der Waals surface area contributed by atoms with Gasteiger partial charge < -0.3 is 15.5 Å². The Balaban J connectivity index is 1.93. The van der Waals surface area contributed by atoms with Crippen LogP contribution in [0.15, 0.2) is 12.1 Å². The second-order valence-corrected chi connectivity index (χ2v) is 7.18. The molecule has 0 aromatic carbocycles. The number of hydrogen-bond acceptors (Lipinski definition) is 4. The van der Waals surface area contributed by atoms with Crippen molar-refractivity contribution in [3.05, 3.63) is 21.9 Å². The lowest BCUT2D eigenvalue weighted by atomic mass is 9.89. The van der Waals surface area contributed by atoms with Gasteiger partial charge >= 0.3 is 12.1 Å². The van der Waals surface area contributed by atoms with Gasteiger partial charge in [-0.25, -0.2) is 9.59 Å². The molecule has 1 aromatic rings. The fourth-order valence-electron chi connectivity index (χ4n) is 3.07. The molecule has 3 N–H and O–H groups in total. The zero-order valence-corrected chi connectivity index (χ0v) is 13.9. The highest BCUT2D eigenvalue weighted by molar-refractivity contribution is 7.12. The van der Waals surface area contributed by atoms with Gasteiger partial charge in [-0.1, -0.05) is 13.3 Å². The van der Waals surface area contributed by atoms with E-state index < -0.39 is 24.2 Å². The first-order chi connectivity index (χ1) is 11.0. The van der Waals surface area contributed by atoms with Crippen LogP contribution in [0.2, 0.25) is 0 Å². The predicted molar refractivity (Wildman–Crippen MR) is 85.9 cm³/mol. The zero-order chi connectivity index (χ0) is 16.6. The van der Waals surface area contributed by atoms with Gasteiger partial charge in [0.15, 0.2) is 0 Å². The van der Waals surface area contributed by atoms with Crippen LogP contribution < -0.4 is 16.0 Å². The lowest BCUT2D eigenvalue weighted by molar-refractivity contribution is -0.130. The average molecular weight is 336 g/mol. The van der Waals surface area contributed by atoms with Gasteiger partial charge in [-0.15, -0.1) is 11.3 Å². The topological polar surface area (TPSA) is 90.5 Å². The Labute approximate surface area is 138 Å². The lowest BCUT2D eigenvalue weighted by Gasteiger charge is -2.46. The molecule has 3 unspecified atom stereocenters. The smallest absolute Gasteiger partial charge is 0.325 e. The van der Waals surface area contributed by atoms with Crippen LogP contribution >= 0.6 is 11.3 Å². The number of urea groups is 2. The molecule has 2 aliphatic heterocycles. The number of fused-ring (bicyclic) bond motifs is 1. The van der Waals surface area contributed by atoms with Crippen molar-refractivity contribution >= 4 is 29.3 Å². The number of rotatable bonds is 4. The molecule has 3 atom stereocenters. The number of carbonyl (C=O) groups excluding carboxylic acids is 3. The van der Waals surface area contributed by atoms with E-state index in [2.05, 4.69) is 16.0 Å². The Kier molecular flexibility index (Phi) is 4.25. The van der Waals surface area contributed by atoms with E-state index in [0.717, 1.165) is 22.6 Å². The largest absolute Gasteiger partial charge is 0.330 e. The molecule has 2 saturated heterocycles. The summed E-state index contributed by atoms with van der Waals surface area (Å²) in [6, 6.07) is 2.67. The van der Waals surface area contributed by atoms with Crippen molar-refractivity contribution in [3.8, 4) is 0 Å². The number of imide groups is 1. The minimum absolute atomic E-state index is 0.351. The minimum Gasteiger partial charge on any atom is -0.330 e. The molecule has 0 aliphatic carbocycles. The third-order valence-corrected chi connectivity index (χ3v) is 5.30. The number of aryl methyl sites for hydroxylation is 1. The number of nitrogens with zero attached hydrogens (tertiary/aromatic N) is 1. The van der Waals surface area contributed by atoms with Crippen LogP contribution in [-0.2, 0) is 4.79 Å². The second-order valence-electron chi connectivity index (χ2n) is 5.86. The van der Waals surface area contributed by atoms with Gasteiger partial charge in [0, 0.05) is 16.3 Å². The first-order valence-electron chi connectivity index (χ1n) is 7.76. The monoisotopic (exact) mass is 336 g/mol. The lowest BCUT2D eigenvalue weighted by Crippen LogP contribution is -2.72. The number of thiophene rings is 1. The summed E-state index contributed by atoms with van der Waals surface area (Å²) in [5.41, 5.74) is 0. The van der Waals surface area contributed by atoms with Gasteiger partial charge in [0.2, 0.25) is 5.91 Å². The van der Waals surface area contributed by atoms with Crippen molar-refractivity contribution < 1.29 is 14.4 Å². The van der Waals surface area contributed by atoms with Crippen LogP contribution in [0.1, 0.15) is 35.6 Å². The van der Waals surface area contributed by atoms with E-state index in [-0.39, 0.29) is 11.9 Å². The summed E-state index contributed by atoms with van der Waals surface area (Å²) in [7, 11) is 0. The SMILES string of the molecule is CCCCN1C(=O)NC(=O)C2C(c3ccc(C)s3)NC(=O)NC21. The van der Waals surface area contributed by atoms with Crippen molar-refractivity contribution in [1.29, 1.82) is 0 Å². The molecule has 0 radical (unpaired) electrons. The van der Waals surface area contributed by atoms with E-state index in [1.54, 1.807) is 16.2 Å². The van der Waals surface area contributed by atoms with E-state index in [4.69, 9.17) is 0 Å². The van der Waals surface area contributed by atoms with Gasteiger partial charge in [-0.3, -0.25) is 10.1 Å². The van der Waals surface area contributed by atoms with Gasteiger partial charge in [0.1, 0.15) is 12.1 Å². The molecule has 8 heteroatoms. The Morgan fingerprint density at radius 1 is 1.22 bits per heavy atom. The maximum Gasteiger partial charge on any atom is 0.325 e. The number of hydrogen-bond donors (Lipinski definition) is 3. The van der Waals surface area contributed by atoms with Crippen LogP contribution in [0.5, 0.6) is 0 Å². The van der Waals surface area contributed by atoms with Crippen LogP contribution in [-0.4, -0.2) is 35.6 Å². The quantitative estimate of drug-likeness (QED) is 0.782. The van der Waals surface area contributed by atoms with Crippen molar-refractivity contribution in [2.45, 2.75) is 38.9 Å². The highest BCUT2D eigenvalue weighted by Gasteiger charge is 2.50. The van der Waals surface area contributed by atoms with Crippen molar-refractivity contribution in [2.24, 2.45) is 5.92 Å². The van der Waals surface area contributed by atoms with E-state index in [1.165, 1.54) is 0 Å². The summed E-state index contributed by atoms with van der Waals surface area (Å²) < 4.78 is 0. The average Bonchev–Trinajstić information content (AvgIpc) is 2.92. The summed E-state index contributed by atoms with van der Waals surface area (Å²) in [4.78, 5) is 40.2. The molecule has 23 heavy (non-hydrogen) atoms. The van der Waals surface area contributed by atoms with Crippen LogP contribution in [0.25, 0.3) is 0 Å². The predicted octanol–water partition coefficient (Wildman–Crippen LogP) is 1.70. The second kappa shape index (κ2) is 6.19. The van der Waals surface area contributed by atoms with Crippen LogP contribution in [0.4, 0.5) is 9.59 Å². The maximum atomic E-state index is 12.4.